The van der Waals surface area contributed by atoms with Gasteiger partial charge in [-0.25, -0.2) is 0 Å². The molecule has 1 aliphatic rings. The summed E-state index contributed by atoms with van der Waals surface area (Å²) in [7, 11) is 0. The van der Waals surface area contributed by atoms with Gasteiger partial charge >= 0.3 is 0 Å². The maximum atomic E-state index is 13.1. The Bertz CT molecular complexity index is 779. The molecule has 0 aliphatic carbocycles. The summed E-state index contributed by atoms with van der Waals surface area (Å²) in [4.78, 5) is 16.4. The quantitative estimate of drug-likeness (QED) is 0.306. The molecular formula is C22H28N2OS2. The number of rotatable bonds is 9. The maximum Gasteiger partial charge on any atom is 0.260 e. The van der Waals surface area contributed by atoms with Gasteiger partial charge in [-0.1, -0.05) is 50.3 Å². The van der Waals surface area contributed by atoms with Gasteiger partial charge < -0.3 is 9.62 Å². The van der Waals surface area contributed by atoms with E-state index in [0.29, 0.717) is 0 Å². The molecule has 1 amide bonds. The molecule has 2 aromatic carbocycles. The Morgan fingerprint density at radius 3 is 2.81 bits per heavy atom. The molecule has 1 heterocycles. The Balaban J connectivity index is 1.69. The van der Waals surface area contributed by atoms with Gasteiger partial charge in [-0.2, -0.15) is 0 Å². The van der Waals surface area contributed by atoms with E-state index < -0.39 is 0 Å². The van der Waals surface area contributed by atoms with Crippen LogP contribution in [0.3, 0.4) is 0 Å². The average Bonchev–Trinajstić information content (AvgIpc) is 3.11. The van der Waals surface area contributed by atoms with Gasteiger partial charge in [0, 0.05) is 23.4 Å². The van der Waals surface area contributed by atoms with Crippen LogP contribution in [0.2, 0.25) is 0 Å². The number of hydrogen-bond acceptors (Lipinski definition) is 4. The number of fused-ring (bicyclic) bond motifs is 1. The number of carbonyl (C=O) groups excluding carboxylic acids is 1. The van der Waals surface area contributed by atoms with Crippen LogP contribution in [-0.4, -0.2) is 24.5 Å². The summed E-state index contributed by atoms with van der Waals surface area (Å²) in [5.41, 5.74) is 3.96. The third-order valence-electron chi connectivity index (χ3n) is 4.83. The Hall–Kier alpha value is -1.59. The van der Waals surface area contributed by atoms with E-state index in [1.54, 1.807) is 0 Å². The van der Waals surface area contributed by atoms with Crippen LogP contribution in [0.4, 0.5) is 11.4 Å². The standard InChI is InChI=1S/C22H28N2OS2/c1-3-4-5-8-15-27-18-11-12-21-17(16-18)13-14-24(21)22(25)19-9-6-7-10-20(19)23-26-2/h6-7,9-12,16,23H,3-5,8,13-15H2,1-2H3. The molecule has 5 heteroatoms. The van der Waals surface area contributed by atoms with E-state index in [2.05, 4.69) is 29.8 Å². The molecule has 0 aromatic heterocycles. The maximum absolute atomic E-state index is 13.1. The van der Waals surface area contributed by atoms with Crippen LogP contribution in [0, 0.1) is 0 Å². The van der Waals surface area contributed by atoms with Crippen molar-refractivity contribution in [2.24, 2.45) is 0 Å². The fourth-order valence-electron chi connectivity index (χ4n) is 3.41. The topological polar surface area (TPSA) is 32.3 Å². The second-order valence-electron chi connectivity index (χ2n) is 6.76. The molecule has 144 valence electrons. The highest BCUT2D eigenvalue weighted by atomic mass is 32.2. The first-order valence-electron chi connectivity index (χ1n) is 9.70. The highest BCUT2D eigenvalue weighted by molar-refractivity contribution is 7.99. The highest BCUT2D eigenvalue weighted by Gasteiger charge is 2.27. The Morgan fingerprint density at radius 2 is 2.00 bits per heavy atom. The van der Waals surface area contributed by atoms with Crippen molar-refractivity contribution in [2.75, 3.05) is 28.2 Å². The van der Waals surface area contributed by atoms with Gasteiger partial charge in [-0.15, -0.1) is 11.8 Å². The van der Waals surface area contributed by atoms with Gasteiger partial charge in [0.05, 0.1) is 11.3 Å². The summed E-state index contributed by atoms with van der Waals surface area (Å²) in [6.07, 6.45) is 8.11. The molecule has 3 rings (SSSR count). The van der Waals surface area contributed by atoms with Gasteiger partial charge in [0.2, 0.25) is 0 Å². The van der Waals surface area contributed by atoms with E-state index in [1.165, 1.54) is 53.8 Å². The van der Waals surface area contributed by atoms with E-state index >= 15 is 0 Å². The van der Waals surface area contributed by atoms with E-state index in [1.807, 2.05) is 47.2 Å². The van der Waals surface area contributed by atoms with Crippen LogP contribution >= 0.6 is 23.7 Å². The number of para-hydroxylation sites is 1. The highest BCUT2D eigenvalue weighted by Crippen LogP contribution is 2.34. The van der Waals surface area contributed by atoms with Gasteiger partial charge in [0.15, 0.2) is 0 Å². The SMILES string of the molecule is CCCCCCSc1ccc2c(c1)CCN2C(=O)c1ccccc1NSC. The summed E-state index contributed by atoms with van der Waals surface area (Å²) in [6.45, 7) is 3.00. The van der Waals surface area contributed by atoms with Crippen molar-refractivity contribution >= 4 is 41.0 Å². The first-order valence-corrected chi connectivity index (χ1v) is 11.9. The molecule has 1 aliphatic heterocycles. The number of anilines is 2. The molecule has 1 N–H and O–H groups in total. The van der Waals surface area contributed by atoms with E-state index in [9.17, 15) is 4.79 Å². The lowest BCUT2D eigenvalue weighted by molar-refractivity contribution is 0.0990. The fourth-order valence-corrected chi connectivity index (χ4v) is 4.78. The van der Waals surface area contributed by atoms with Crippen molar-refractivity contribution in [3.63, 3.8) is 0 Å². The molecule has 0 fully saturated rings. The molecule has 27 heavy (non-hydrogen) atoms. The average molecular weight is 401 g/mol. The van der Waals surface area contributed by atoms with Crippen molar-refractivity contribution in [3.05, 3.63) is 53.6 Å². The van der Waals surface area contributed by atoms with Crippen LogP contribution in [-0.2, 0) is 6.42 Å². The minimum absolute atomic E-state index is 0.0749. The smallest absolute Gasteiger partial charge is 0.260 e. The van der Waals surface area contributed by atoms with Crippen LogP contribution in [0.15, 0.2) is 47.4 Å². The van der Waals surface area contributed by atoms with Crippen molar-refractivity contribution in [2.45, 2.75) is 43.9 Å². The summed E-state index contributed by atoms with van der Waals surface area (Å²) in [5.74, 6) is 1.25. The Labute approximate surface area is 171 Å². The van der Waals surface area contributed by atoms with Crippen LogP contribution in [0.25, 0.3) is 0 Å². The second kappa shape index (κ2) is 10.1. The Kier molecular flexibility index (Phi) is 7.53. The molecule has 0 unspecified atom stereocenters. The minimum atomic E-state index is 0.0749. The van der Waals surface area contributed by atoms with Crippen LogP contribution in [0.5, 0.6) is 0 Å². The molecule has 3 nitrogen and oxygen atoms in total. The zero-order valence-electron chi connectivity index (χ0n) is 16.2. The lowest BCUT2D eigenvalue weighted by atomic mass is 10.1. The lowest BCUT2D eigenvalue weighted by Gasteiger charge is -2.19. The monoisotopic (exact) mass is 400 g/mol. The normalized spacial score (nSPS) is 12.9. The Morgan fingerprint density at radius 1 is 1.15 bits per heavy atom. The minimum Gasteiger partial charge on any atom is -0.329 e. The number of carbonyl (C=O) groups is 1. The largest absolute Gasteiger partial charge is 0.329 e. The summed E-state index contributed by atoms with van der Waals surface area (Å²) < 4.78 is 3.22. The molecular weight excluding hydrogens is 372 g/mol. The second-order valence-corrected chi connectivity index (χ2v) is 8.54. The molecule has 2 aromatic rings. The third-order valence-corrected chi connectivity index (χ3v) is 6.33. The van der Waals surface area contributed by atoms with E-state index in [4.69, 9.17) is 0 Å². The first-order chi connectivity index (χ1) is 13.2. The number of thioether (sulfide) groups is 1. The molecule has 0 atom stereocenters. The van der Waals surface area contributed by atoms with Crippen molar-refractivity contribution in [1.29, 1.82) is 0 Å². The van der Waals surface area contributed by atoms with Crippen molar-refractivity contribution in [1.82, 2.24) is 0 Å². The molecule has 0 bridgehead atoms. The summed E-state index contributed by atoms with van der Waals surface area (Å²) >= 11 is 3.44. The van der Waals surface area contributed by atoms with Gasteiger partial charge in [-0.3, -0.25) is 4.79 Å². The van der Waals surface area contributed by atoms with Crippen molar-refractivity contribution < 1.29 is 4.79 Å². The first kappa shape index (κ1) is 20.2. The van der Waals surface area contributed by atoms with E-state index in [-0.39, 0.29) is 5.91 Å². The number of benzene rings is 2. The zero-order valence-corrected chi connectivity index (χ0v) is 17.8. The summed E-state index contributed by atoms with van der Waals surface area (Å²) in [5, 5.41) is 0. The molecule has 0 saturated heterocycles. The number of hydrogen-bond donors (Lipinski definition) is 1. The number of nitrogens with one attached hydrogen (secondary N) is 1. The van der Waals surface area contributed by atoms with Gasteiger partial charge in [0.25, 0.3) is 5.91 Å². The van der Waals surface area contributed by atoms with Gasteiger partial charge in [-0.05, 0) is 54.5 Å². The number of amides is 1. The van der Waals surface area contributed by atoms with Crippen LogP contribution in [0.1, 0.15) is 48.5 Å². The molecule has 0 spiro atoms. The number of unbranched alkanes of at least 4 members (excludes halogenated alkanes) is 3. The van der Waals surface area contributed by atoms with Crippen molar-refractivity contribution in [3.8, 4) is 0 Å². The molecule has 0 saturated carbocycles. The van der Waals surface area contributed by atoms with E-state index in [0.717, 1.165) is 29.9 Å². The fraction of sp³-hybridized carbons (Fsp3) is 0.409. The lowest BCUT2D eigenvalue weighted by Crippen LogP contribution is -2.29. The third kappa shape index (κ3) is 5.02. The van der Waals surface area contributed by atoms with Gasteiger partial charge in [0.1, 0.15) is 0 Å². The molecule has 0 radical (unpaired) electrons. The summed E-state index contributed by atoms with van der Waals surface area (Å²) in [6, 6.07) is 14.3. The predicted molar refractivity (Wildman–Crippen MR) is 120 cm³/mol. The zero-order chi connectivity index (χ0) is 19.1. The number of nitrogens with zero attached hydrogens (tertiary/aromatic N) is 1. The van der Waals surface area contributed by atoms with Crippen LogP contribution < -0.4 is 9.62 Å². The predicted octanol–water partition coefficient (Wildman–Crippen LogP) is 6.25.